The van der Waals surface area contributed by atoms with E-state index in [1.54, 1.807) is 20.8 Å². The molecule has 0 N–H and O–H groups in total. The minimum atomic E-state index is -0.711. The minimum absolute atomic E-state index is 0.0417. The maximum Gasteiger partial charge on any atom is 0.419 e. The molecule has 0 amide bonds. The van der Waals surface area contributed by atoms with E-state index < -0.39 is 35.7 Å². The van der Waals surface area contributed by atoms with Crippen LogP contribution in [0, 0.1) is 5.82 Å². The zero-order valence-corrected chi connectivity index (χ0v) is 16.4. The topological polar surface area (TPSA) is 87.7 Å². The van der Waals surface area contributed by atoms with Crippen LogP contribution in [0.15, 0.2) is 41.1 Å². The third-order valence-electron chi connectivity index (χ3n) is 4.07. The van der Waals surface area contributed by atoms with E-state index in [2.05, 4.69) is 4.74 Å². The van der Waals surface area contributed by atoms with Crippen molar-refractivity contribution < 1.29 is 32.7 Å². The third kappa shape index (κ3) is 4.37. The van der Waals surface area contributed by atoms with Crippen LogP contribution in [-0.4, -0.2) is 35.1 Å². The molecule has 8 heteroatoms. The molecular formula is C21H20FNO6. The normalized spacial score (nSPS) is 11.5. The highest BCUT2D eigenvalue weighted by atomic mass is 19.1. The fraction of sp³-hybridized carbons (Fsp3) is 0.286. The van der Waals surface area contributed by atoms with Crippen LogP contribution in [0.1, 0.15) is 37.7 Å². The Morgan fingerprint density at radius 3 is 2.55 bits per heavy atom. The molecule has 0 saturated carbocycles. The first-order chi connectivity index (χ1) is 13.6. The van der Waals surface area contributed by atoms with Crippen molar-refractivity contribution >= 4 is 28.7 Å². The van der Waals surface area contributed by atoms with Gasteiger partial charge in [-0.25, -0.2) is 9.18 Å². The number of esters is 1. The first-order valence-electron chi connectivity index (χ1n) is 8.82. The fourth-order valence-corrected chi connectivity index (χ4v) is 2.81. The number of carbonyl (C=O) groups is 3. The summed E-state index contributed by atoms with van der Waals surface area (Å²) in [6.45, 7) is 5.23. The summed E-state index contributed by atoms with van der Waals surface area (Å²) in [5, 5.41) is 0.448. The number of rotatable bonds is 4. The second kappa shape index (κ2) is 7.54. The Hall–Kier alpha value is -3.42. The van der Waals surface area contributed by atoms with Crippen molar-refractivity contribution in [3.8, 4) is 11.1 Å². The number of ether oxygens (including phenoxy) is 2. The van der Waals surface area contributed by atoms with E-state index in [1.807, 2.05) is 0 Å². The summed E-state index contributed by atoms with van der Waals surface area (Å²) >= 11 is 0. The van der Waals surface area contributed by atoms with Crippen molar-refractivity contribution in [1.29, 1.82) is 0 Å². The van der Waals surface area contributed by atoms with Crippen molar-refractivity contribution in [3.63, 3.8) is 0 Å². The number of furan rings is 1. The highest BCUT2D eigenvalue weighted by molar-refractivity contribution is 6.06. The monoisotopic (exact) mass is 401 g/mol. The van der Waals surface area contributed by atoms with Gasteiger partial charge in [0.2, 0.25) is 5.78 Å². The maximum atomic E-state index is 13.9. The van der Waals surface area contributed by atoms with Gasteiger partial charge in [0.25, 0.3) is 0 Å². The molecule has 1 aromatic carbocycles. The average Bonchev–Trinajstić information content (AvgIpc) is 3.24. The molecule has 7 nitrogen and oxygen atoms in total. The molecule has 0 radical (unpaired) electrons. The first-order valence-corrected chi connectivity index (χ1v) is 8.82. The van der Waals surface area contributed by atoms with Gasteiger partial charge in [-0.15, -0.1) is 0 Å². The number of benzene rings is 1. The molecule has 0 bridgehead atoms. The van der Waals surface area contributed by atoms with Gasteiger partial charge < -0.3 is 13.9 Å². The summed E-state index contributed by atoms with van der Waals surface area (Å²) in [5.74, 6) is -1.76. The fourth-order valence-electron chi connectivity index (χ4n) is 2.81. The molecule has 0 aliphatic carbocycles. The Bertz CT molecular complexity index is 1100. The molecule has 0 saturated heterocycles. The molecule has 2 heterocycles. The number of carbonyl (C=O) groups excluding carboxylic acids is 3. The summed E-state index contributed by atoms with van der Waals surface area (Å²) in [6, 6.07) is 5.44. The van der Waals surface area contributed by atoms with E-state index >= 15 is 0 Å². The molecule has 3 aromatic rings. The van der Waals surface area contributed by atoms with Gasteiger partial charge in [-0.2, -0.15) is 0 Å². The van der Waals surface area contributed by atoms with E-state index in [0.29, 0.717) is 22.0 Å². The Kier molecular flexibility index (Phi) is 5.28. The lowest BCUT2D eigenvalue weighted by molar-refractivity contribution is -0.139. The second-order valence-electron chi connectivity index (χ2n) is 7.43. The van der Waals surface area contributed by atoms with Crippen LogP contribution < -0.4 is 0 Å². The van der Waals surface area contributed by atoms with Crippen LogP contribution in [0.5, 0.6) is 0 Å². The smallest absolute Gasteiger partial charge is 0.419 e. The molecule has 2 aromatic heterocycles. The summed E-state index contributed by atoms with van der Waals surface area (Å²) in [5.41, 5.74) is 0.665. The molecule has 0 atom stereocenters. The molecule has 3 rings (SSSR count). The zero-order valence-electron chi connectivity index (χ0n) is 16.4. The van der Waals surface area contributed by atoms with E-state index in [9.17, 15) is 18.8 Å². The van der Waals surface area contributed by atoms with Gasteiger partial charge in [0, 0.05) is 22.7 Å². The third-order valence-corrected chi connectivity index (χ3v) is 4.07. The number of methoxy groups -OCH3 is 1. The van der Waals surface area contributed by atoms with Crippen LogP contribution in [-0.2, 0) is 14.3 Å². The quantitative estimate of drug-likeness (QED) is 0.362. The second-order valence-corrected chi connectivity index (χ2v) is 7.43. The molecule has 0 spiro atoms. The average molecular weight is 401 g/mol. The number of hydrogen-bond donors (Lipinski definition) is 0. The van der Waals surface area contributed by atoms with E-state index in [4.69, 9.17) is 9.15 Å². The zero-order chi connectivity index (χ0) is 21.3. The highest BCUT2D eigenvalue weighted by Crippen LogP contribution is 2.33. The minimum Gasteiger partial charge on any atom is -0.469 e. The van der Waals surface area contributed by atoms with Crippen LogP contribution in [0.4, 0.5) is 9.18 Å². The summed E-state index contributed by atoms with van der Waals surface area (Å²) < 4.78 is 30.3. The van der Waals surface area contributed by atoms with Gasteiger partial charge in [0.05, 0.1) is 18.9 Å². The number of aromatic nitrogens is 1. The van der Waals surface area contributed by atoms with Gasteiger partial charge in [-0.05, 0) is 45.0 Å². The lowest BCUT2D eigenvalue weighted by Gasteiger charge is -2.19. The highest BCUT2D eigenvalue weighted by Gasteiger charge is 2.23. The number of Topliss-reactive ketones (excluding diaryl/α,β-unsaturated/α-hetero) is 1. The van der Waals surface area contributed by atoms with Crippen molar-refractivity contribution in [2.24, 2.45) is 0 Å². The molecule has 152 valence electrons. The van der Waals surface area contributed by atoms with Crippen LogP contribution in [0.3, 0.4) is 0 Å². The molecule has 0 fully saturated rings. The van der Waals surface area contributed by atoms with Gasteiger partial charge in [0.15, 0.2) is 5.76 Å². The Balaban J connectivity index is 2.04. The van der Waals surface area contributed by atoms with Gasteiger partial charge >= 0.3 is 12.1 Å². The largest absolute Gasteiger partial charge is 0.469 e. The lowest BCUT2D eigenvalue weighted by Crippen LogP contribution is -2.26. The summed E-state index contributed by atoms with van der Waals surface area (Å²) in [6.07, 6.45) is 1.73. The van der Waals surface area contributed by atoms with Crippen molar-refractivity contribution in [2.45, 2.75) is 32.8 Å². The van der Waals surface area contributed by atoms with E-state index in [0.717, 1.165) is 0 Å². The lowest BCUT2D eigenvalue weighted by atomic mass is 10.1. The number of nitrogens with zero attached hydrogens (tertiary/aromatic N) is 1. The van der Waals surface area contributed by atoms with E-state index in [-0.39, 0.29) is 5.76 Å². The molecular weight excluding hydrogens is 381 g/mol. The van der Waals surface area contributed by atoms with Gasteiger partial charge in [-0.1, -0.05) is 0 Å². The van der Waals surface area contributed by atoms with Gasteiger partial charge in [0.1, 0.15) is 17.8 Å². The Morgan fingerprint density at radius 2 is 1.90 bits per heavy atom. The Labute approximate surface area is 166 Å². The van der Waals surface area contributed by atoms with Crippen LogP contribution >= 0.6 is 0 Å². The molecule has 0 aliphatic heterocycles. The molecule has 29 heavy (non-hydrogen) atoms. The maximum absolute atomic E-state index is 13.9. The van der Waals surface area contributed by atoms with E-state index in [1.165, 1.54) is 48.4 Å². The molecule has 0 unspecified atom stereocenters. The molecule has 0 aliphatic rings. The summed E-state index contributed by atoms with van der Waals surface area (Å²) in [4.78, 5) is 36.0. The van der Waals surface area contributed by atoms with Crippen molar-refractivity contribution in [2.75, 3.05) is 7.11 Å². The predicted molar refractivity (Wildman–Crippen MR) is 102 cm³/mol. The SMILES string of the molecule is COC(=O)CC(=O)c1cc(-c2cn(C(=O)OC(C)(C)C)c3ccc(F)cc23)co1. The first kappa shape index (κ1) is 20.3. The van der Waals surface area contributed by atoms with Crippen molar-refractivity contribution in [3.05, 3.63) is 48.3 Å². The number of ketones is 1. The van der Waals surface area contributed by atoms with Crippen LogP contribution in [0.2, 0.25) is 0 Å². The standard InChI is InChI=1S/C21H20FNO6/c1-21(2,3)29-20(26)23-10-15(14-8-13(22)5-6-16(14)23)12-7-18(28-11-12)17(24)9-19(25)27-4/h5-8,10-11H,9H2,1-4H3. The van der Waals surface area contributed by atoms with Crippen molar-refractivity contribution in [1.82, 2.24) is 4.57 Å². The summed E-state index contributed by atoms with van der Waals surface area (Å²) in [7, 11) is 1.18. The number of hydrogen-bond acceptors (Lipinski definition) is 6. The van der Waals surface area contributed by atoms with Gasteiger partial charge in [-0.3, -0.25) is 14.2 Å². The predicted octanol–water partition coefficient (Wildman–Crippen LogP) is 4.57. The Morgan fingerprint density at radius 1 is 1.17 bits per heavy atom. The van der Waals surface area contributed by atoms with Crippen LogP contribution in [0.25, 0.3) is 22.0 Å². The number of fused-ring (bicyclic) bond motifs is 1. The number of halogens is 1.